The van der Waals surface area contributed by atoms with Gasteiger partial charge in [-0.2, -0.15) is 0 Å². The first-order chi connectivity index (χ1) is 7.34. The molecule has 1 N–H and O–H groups in total. The summed E-state index contributed by atoms with van der Waals surface area (Å²) in [5.41, 5.74) is 0.268. The predicted octanol–water partition coefficient (Wildman–Crippen LogP) is 1.73. The molecule has 5 heteroatoms. The molecule has 0 saturated heterocycles. The minimum atomic E-state index is -3.62. The molecule has 1 rings (SSSR count). The lowest BCUT2D eigenvalue weighted by atomic mass is 10.2. The first-order valence-electron chi connectivity index (χ1n) is 4.54. The van der Waals surface area contributed by atoms with Crippen molar-refractivity contribution >= 4 is 15.8 Å². The summed E-state index contributed by atoms with van der Waals surface area (Å²) in [6.45, 7) is 5.10. The molecule has 0 aliphatic rings. The highest BCUT2D eigenvalue weighted by atomic mass is 32.2. The van der Waals surface area contributed by atoms with E-state index in [1.165, 1.54) is 24.3 Å². The Morgan fingerprint density at radius 2 is 1.94 bits per heavy atom. The number of benzene rings is 1. The number of carboxylic acid groups (broad SMARTS) is 1. The van der Waals surface area contributed by atoms with Crippen molar-refractivity contribution in [3.63, 3.8) is 0 Å². The third-order valence-electron chi connectivity index (χ3n) is 1.89. The van der Waals surface area contributed by atoms with Gasteiger partial charge in [0.15, 0.2) is 9.84 Å². The van der Waals surface area contributed by atoms with Gasteiger partial charge >= 0.3 is 5.97 Å². The molecule has 16 heavy (non-hydrogen) atoms. The zero-order valence-electron chi connectivity index (χ0n) is 8.80. The van der Waals surface area contributed by atoms with Crippen LogP contribution in [-0.4, -0.2) is 25.2 Å². The van der Waals surface area contributed by atoms with Crippen LogP contribution in [0.5, 0.6) is 0 Å². The summed E-state index contributed by atoms with van der Waals surface area (Å²) >= 11 is 0. The van der Waals surface area contributed by atoms with Gasteiger partial charge in [0, 0.05) is 0 Å². The first-order valence-corrected chi connectivity index (χ1v) is 6.19. The molecule has 0 heterocycles. The summed E-state index contributed by atoms with van der Waals surface area (Å²) < 4.78 is 23.7. The molecular formula is C11H12O4S. The van der Waals surface area contributed by atoms with Crippen LogP contribution < -0.4 is 0 Å². The number of hydrogen-bond donors (Lipinski definition) is 1. The summed E-state index contributed by atoms with van der Waals surface area (Å²) in [4.78, 5) is 10.7. The van der Waals surface area contributed by atoms with Gasteiger partial charge < -0.3 is 5.11 Å². The van der Waals surface area contributed by atoms with E-state index in [9.17, 15) is 13.2 Å². The number of hydrogen-bond acceptors (Lipinski definition) is 3. The minimum absolute atomic E-state index is 0.162. The largest absolute Gasteiger partial charge is 0.478 e. The summed E-state index contributed by atoms with van der Waals surface area (Å²) in [7, 11) is -3.62. The maximum atomic E-state index is 11.8. The number of carboxylic acids is 1. The Bertz CT molecular complexity index is 529. The van der Waals surface area contributed by atoms with Crippen molar-refractivity contribution in [2.75, 3.05) is 5.75 Å². The maximum Gasteiger partial charge on any atom is 0.337 e. The molecule has 0 fully saturated rings. The molecule has 0 bridgehead atoms. The Labute approximate surface area is 94.1 Å². The van der Waals surface area contributed by atoms with Crippen molar-refractivity contribution < 1.29 is 18.3 Å². The van der Waals surface area contributed by atoms with Crippen molar-refractivity contribution in [2.24, 2.45) is 0 Å². The van der Waals surface area contributed by atoms with Crippen LogP contribution >= 0.6 is 0 Å². The standard InChI is InChI=1S/C11H12O4S/c1-8(2)7-16(14,15)10-6-4-3-5-9(10)11(12)13/h3-6H,1,7H2,2H3,(H,12,13). The summed E-state index contributed by atoms with van der Waals surface area (Å²) in [5, 5.41) is 8.88. The molecule has 0 radical (unpaired) electrons. The van der Waals surface area contributed by atoms with E-state index in [0.717, 1.165) is 0 Å². The third-order valence-corrected chi connectivity index (χ3v) is 3.79. The smallest absolute Gasteiger partial charge is 0.337 e. The summed E-state index contributed by atoms with van der Waals surface area (Å²) in [5.74, 6) is -1.49. The van der Waals surface area contributed by atoms with E-state index >= 15 is 0 Å². The van der Waals surface area contributed by atoms with Gasteiger partial charge in [0.2, 0.25) is 0 Å². The van der Waals surface area contributed by atoms with Gasteiger partial charge in [0.05, 0.1) is 16.2 Å². The van der Waals surface area contributed by atoms with E-state index < -0.39 is 15.8 Å². The number of aromatic carboxylic acids is 1. The minimum Gasteiger partial charge on any atom is -0.478 e. The maximum absolute atomic E-state index is 11.8. The number of rotatable bonds is 4. The molecule has 0 amide bonds. The lowest BCUT2D eigenvalue weighted by Crippen LogP contribution is -2.12. The molecule has 0 saturated carbocycles. The fourth-order valence-electron chi connectivity index (χ4n) is 1.32. The zero-order chi connectivity index (χ0) is 12.3. The predicted molar refractivity (Wildman–Crippen MR) is 60.3 cm³/mol. The molecule has 0 atom stereocenters. The Balaban J connectivity index is 3.33. The Morgan fingerprint density at radius 1 is 1.38 bits per heavy atom. The van der Waals surface area contributed by atoms with E-state index in [2.05, 4.69) is 6.58 Å². The van der Waals surface area contributed by atoms with Crippen molar-refractivity contribution in [3.8, 4) is 0 Å². The normalized spacial score (nSPS) is 11.1. The molecule has 1 aromatic rings. The molecule has 0 aromatic heterocycles. The molecule has 0 aliphatic carbocycles. The van der Waals surface area contributed by atoms with Crippen LogP contribution in [0.2, 0.25) is 0 Å². The SMILES string of the molecule is C=C(C)CS(=O)(=O)c1ccccc1C(=O)O. The molecule has 0 aliphatic heterocycles. The summed E-state index contributed by atoms with van der Waals surface area (Å²) in [6, 6.07) is 5.55. The molecule has 86 valence electrons. The van der Waals surface area contributed by atoms with Crippen molar-refractivity contribution in [3.05, 3.63) is 42.0 Å². The van der Waals surface area contributed by atoms with Crippen LogP contribution in [0.25, 0.3) is 0 Å². The second kappa shape index (κ2) is 4.49. The van der Waals surface area contributed by atoms with Crippen LogP contribution in [0.4, 0.5) is 0 Å². The monoisotopic (exact) mass is 240 g/mol. The molecule has 4 nitrogen and oxygen atoms in total. The fraction of sp³-hybridized carbons (Fsp3) is 0.182. The van der Waals surface area contributed by atoms with Gasteiger partial charge in [-0.1, -0.05) is 24.3 Å². The Morgan fingerprint density at radius 3 is 2.44 bits per heavy atom. The number of sulfone groups is 1. The zero-order valence-corrected chi connectivity index (χ0v) is 9.62. The molecule has 0 spiro atoms. The van der Waals surface area contributed by atoms with Gasteiger partial charge in [0.1, 0.15) is 0 Å². The van der Waals surface area contributed by atoms with Crippen molar-refractivity contribution in [1.82, 2.24) is 0 Å². The highest BCUT2D eigenvalue weighted by Gasteiger charge is 2.21. The highest BCUT2D eigenvalue weighted by molar-refractivity contribution is 7.91. The van der Waals surface area contributed by atoms with Crippen LogP contribution in [0.15, 0.2) is 41.3 Å². The Kier molecular flexibility index (Phi) is 3.49. The van der Waals surface area contributed by atoms with E-state index in [4.69, 9.17) is 5.11 Å². The second-order valence-corrected chi connectivity index (χ2v) is 5.48. The van der Waals surface area contributed by atoms with Crippen LogP contribution in [-0.2, 0) is 9.84 Å². The Hall–Kier alpha value is -1.62. The average molecular weight is 240 g/mol. The van der Waals surface area contributed by atoms with Gasteiger partial charge in [-0.15, -0.1) is 0 Å². The molecule has 0 unspecified atom stereocenters. The second-order valence-electron chi connectivity index (χ2n) is 3.52. The quantitative estimate of drug-likeness (QED) is 0.813. The van der Waals surface area contributed by atoms with Crippen LogP contribution in [0.1, 0.15) is 17.3 Å². The van der Waals surface area contributed by atoms with E-state index in [-0.39, 0.29) is 16.2 Å². The third kappa shape index (κ3) is 2.70. The summed E-state index contributed by atoms with van der Waals surface area (Å²) in [6.07, 6.45) is 0. The van der Waals surface area contributed by atoms with Gasteiger partial charge in [-0.3, -0.25) is 0 Å². The van der Waals surface area contributed by atoms with Gasteiger partial charge in [-0.05, 0) is 19.1 Å². The van der Waals surface area contributed by atoms with Crippen molar-refractivity contribution in [1.29, 1.82) is 0 Å². The van der Waals surface area contributed by atoms with E-state index in [1.807, 2.05) is 0 Å². The first kappa shape index (κ1) is 12.4. The van der Waals surface area contributed by atoms with E-state index in [0.29, 0.717) is 5.57 Å². The van der Waals surface area contributed by atoms with Crippen LogP contribution in [0.3, 0.4) is 0 Å². The fourth-order valence-corrected chi connectivity index (χ4v) is 2.90. The average Bonchev–Trinajstić information content (AvgIpc) is 2.15. The topological polar surface area (TPSA) is 71.4 Å². The van der Waals surface area contributed by atoms with Crippen molar-refractivity contribution in [2.45, 2.75) is 11.8 Å². The van der Waals surface area contributed by atoms with Gasteiger partial charge in [-0.25, -0.2) is 13.2 Å². The van der Waals surface area contributed by atoms with Crippen LogP contribution in [0, 0.1) is 0 Å². The number of carbonyl (C=O) groups is 1. The van der Waals surface area contributed by atoms with Gasteiger partial charge in [0.25, 0.3) is 0 Å². The highest BCUT2D eigenvalue weighted by Crippen LogP contribution is 2.18. The lowest BCUT2D eigenvalue weighted by Gasteiger charge is -2.06. The van der Waals surface area contributed by atoms with E-state index in [1.54, 1.807) is 6.92 Å². The lowest BCUT2D eigenvalue weighted by molar-refractivity contribution is 0.0692. The molecular weight excluding hydrogens is 228 g/mol. The molecule has 1 aromatic carbocycles.